The maximum Gasteiger partial charge on any atom is 0.0319 e. The highest BCUT2D eigenvalue weighted by Crippen LogP contribution is 2.25. The van der Waals surface area contributed by atoms with Gasteiger partial charge in [-0.2, -0.15) is 0 Å². The number of nitrogens with zero attached hydrogens (tertiary/aromatic N) is 1. The molecule has 1 fully saturated rings. The van der Waals surface area contributed by atoms with Crippen LogP contribution in [0.15, 0.2) is 30.3 Å². The summed E-state index contributed by atoms with van der Waals surface area (Å²) in [6.45, 7) is 7.22. The minimum atomic E-state index is 0.578. The van der Waals surface area contributed by atoms with Gasteiger partial charge in [-0.3, -0.25) is 4.90 Å². The lowest BCUT2D eigenvalue weighted by Crippen LogP contribution is -2.36. The van der Waals surface area contributed by atoms with E-state index in [1.54, 1.807) is 0 Å². The summed E-state index contributed by atoms with van der Waals surface area (Å²) < 4.78 is 0. The summed E-state index contributed by atoms with van der Waals surface area (Å²) in [5, 5.41) is 0. The highest BCUT2D eigenvalue weighted by atomic mass is 15.2. The second-order valence-electron chi connectivity index (χ2n) is 4.83. The van der Waals surface area contributed by atoms with Gasteiger partial charge in [-0.25, -0.2) is 0 Å². The minimum absolute atomic E-state index is 0.578. The lowest BCUT2D eigenvalue weighted by molar-refractivity contribution is 0.139. The predicted octanol–water partition coefficient (Wildman–Crippen LogP) is 3.48. The van der Waals surface area contributed by atoms with Crippen molar-refractivity contribution in [2.24, 2.45) is 5.92 Å². The Hall–Kier alpha value is -0.820. The van der Waals surface area contributed by atoms with Crippen molar-refractivity contribution in [2.45, 2.75) is 32.7 Å². The van der Waals surface area contributed by atoms with E-state index in [0.717, 1.165) is 5.92 Å². The molecule has 1 nitrogen and oxygen atoms in total. The molecule has 0 spiro atoms. The van der Waals surface area contributed by atoms with Gasteiger partial charge < -0.3 is 0 Å². The van der Waals surface area contributed by atoms with Gasteiger partial charge in [-0.05, 0) is 37.8 Å². The summed E-state index contributed by atoms with van der Waals surface area (Å²) in [7, 11) is 0. The van der Waals surface area contributed by atoms with E-state index >= 15 is 0 Å². The standard InChI is InChI=1S/C14H21N/c1-12-7-6-10-15(11-12)13(2)14-8-4-3-5-9-14/h3-5,8-9,12-13H,6-7,10-11H2,1-2H3/t12-,13?/m1/s1. The second kappa shape index (κ2) is 4.80. The van der Waals surface area contributed by atoms with Gasteiger partial charge in [-0.15, -0.1) is 0 Å². The summed E-state index contributed by atoms with van der Waals surface area (Å²) in [5.41, 5.74) is 1.45. The molecule has 82 valence electrons. The largest absolute Gasteiger partial charge is 0.296 e. The molecule has 1 aliphatic heterocycles. The summed E-state index contributed by atoms with van der Waals surface area (Å²) in [5.74, 6) is 0.866. The Bertz CT molecular complexity index is 293. The van der Waals surface area contributed by atoms with Crippen molar-refractivity contribution in [3.63, 3.8) is 0 Å². The van der Waals surface area contributed by atoms with Crippen molar-refractivity contribution in [2.75, 3.05) is 13.1 Å². The van der Waals surface area contributed by atoms with Gasteiger partial charge in [0, 0.05) is 12.6 Å². The number of likely N-dealkylation sites (tertiary alicyclic amines) is 1. The smallest absolute Gasteiger partial charge is 0.0319 e. The first-order valence-electron chi connectivity index (χ1n) is 6.06. The quantitative estimate of drug-likeness (QED) is 0.711. The Balaban J connectivity index is 2.04. The first-order valence-corrected chi connectivity index (χ1v) is 6.06. The number of benzene rings is 1. The third kappa shape index (κ3) is 2.60. The first kappa shape index (κ1) is 10.7. The van der Waals surface area contributed by atoms with Gasteiger partial charge in [-0.1, -0.05) is 37.3 Å². The van der Waals surface area contributed by atoms with Crippen LogP contribution in [0.1, 0.15) is 38.3 Å². The normalized spacial score (nSPS) is 25.1. The molecule has 0 bridgehead atoms. The second-order valence-corrected chi connectivity index (χ2v) is 4.83. The first-order chi connectivity index (χ1) is 7.27. The molecule has 0 radical (unpaired) electrons. The molecule has 2 atom stereocenters. The van der Waals surface area contributed by atoms with Gasteiger partial charge in [0.15, 0.2) is 0 Å². The molecule has 2 rings (SSSR count). The van der Waals surface area contributed by atoms with E-state index in [9.17, 15) is 0 Å². The summed E-state index contributed by atoms with van der Waals surface area (Å²) in [6.07, 6.45) is 2.76. The van der Waals surface area contributed by atoms with Crippen LogP contribution in [-0.4, -0.2) is 18.0 Å². The monoisotopic (exact) mass is 203 g/mol. The maximum atomic E-state index is 2.61. The molecule has 1 aromatic carbocycles. The van der Waals surface area contributed by atoms with Gasteiger partial charge in [0.2, 0.25) is 0 Å². The lowest BCUT2D eigenvalue weighted by Gasteiger charge is -2.35. The zero-order chi connectivity index (χ0) is 10.7. The van der Waals surface area contributed by atoms with Crippen LogP contribution in [0.3, 0.4) is 0 Å². The van der Waals surface area contributed by atoms with E-state index in [4.69, 9.17) is 0 Å². The number of rotatable bonds is 2. The molecule has 1 aromatic rings. The van der Waals surface area contributed by atoms with Crippen LogP contribution in [-0.2, 0) is 0 Å². The summed E-state index contributed by atoms with van der Waals surface area (Å²) in [6, 6.07) is 11.4. The van der Waals surface area contributed by atoms with Crippen molar-refractivity contribution in [1.29, 1.82) is 0 Å². The molecule has 1 unspecified atom stereocenters. The van der Waals surface area contributed by atoms with Crippen LogP contribution < -0.4 is 0 Å². The fraction of sp³-hybridized carbons (Fsp3) is 0.571. The molecule has 15 heavy (non-hydrogen) atoms. The van der Waals surface area contributed by atoms with Crippen LogP contribution >= 0.6 is 0 Å². The lowest BCUT2D eigenvalue weighted by atomic mass is 9.97. The molecule has 1 heterocycles. The molecular formula is C14H21N. The Kier molecular flexibility index (Phi) is 3.42. The van der Waals surface area contributed by atoms with E-state index in [-0.39, 0.29) is 0 Å². The molecule has 0 saturated carbocycles. The Morgan fingerprint density at radius 1 is 1.27 bits per heavy atom. The third-order valence-corrected chi connectivity index (χ3v) is 3.52. The summed E-state index contributed by atoms with van der Waals surface area (Å²) >= 11 is 0. The van der Waals surface area contributed by atoms with Crippen LogP contribution in [0, 0.1) is 5.92 Å². The molecule has 0 amide bonds. The SMILES string of the molecule is CC(c1ccccc1)N1CCC[C@@H](C)C1. The topological polar surface area (TPSA) is 3.24 Å². The molecule has 0 N–H and O–H groups in total. The van der Waals surface area contributed by atoms with Gasteiger partial charge >= 0.3 is 0 Å². The highest BCUT2D eigenvalue weighted by Gasteiger charge is 2.21. The molecule has 0 aromatic heterocycles. The van der Waals surface area contributed by atoms with Crippen molar-refractivity contribution in [3.05, 3.63) is 35.9 Å². The van der Waals surface area contributed by atoms with Crippen LogP contribution in [0.25, 0.3) is 0 Å². The predicted molar refractivity (Wildman–Crippen MR) is 64.8 cm³/mol. The van der Waals surface area contributed by atoms with E-state index in [2.05, 4.69) is 49.1 Å². The highest BCUT2D eigenvalue weighted by molar-refractivity contribution is 5.18. The van der Waals surface area contributed by atoms with Crippen molar-refractivity contribution in [1.82, 2.24) is 4.90 Å². The van der Waals surface area contributed by atoms with Crippen LogP contribution in [0.2, 0.25) is 0 Å². The summed E-state index contributed by atoms with van der Waals surface area (Å²) in [4.78, 5) is 2.61. The zero-order valence-electron chi connectivity index (χ0n) is 9.82. The van der Waals surface area contributed by atoms with Crippen LogP contribution in [0.5, 0.6) is 0 Å². The Morgan fingerprint density at radius 3 is 2.67 bits per heavy atom. The average Bonchev–Trinajstić information content (AvgIpc) is 2.29. The number of piperidine rings is 1. The molecule has 1 heteroatoms. The van der Waals surface area contributed by atoms with E-state index in [1.807, 2.05) is 0 Å². The maximum absolute atomic E-state index is 2.61. The average molecular weight is 203 g/mol. The minimum Gasteiger partial charge on any atom is -0.296 e. The van der Waals surface area contributed by atoms with Crippen LogP contribution in [0.4, 0.5) is 0 Å². The molecular weight excluding hydrogens is 182 g/mol. The third-order valence-electron chi connectivity index (χ3n) is 3.52. The van der Waals surface area contributed by atoms with Gasteiger partial charge in [0.1, 0.15) is 0 Å². The van der Waals surface area contributed by atoms with E-state index in [0.29, 0.717) is 6.04 Å². The fourth-order valence-corrected chi connectivity index (χ4v) is 2.52. The van der Waals surface area contributed by atoms with Crippen molar-refractivity contribution < 1.29 is 0 Å². The zero-order valence-corrected chi connectivity index (χ0v) is 9.82. The molecule has 1 saturated heterocycles. The Morgan fingerprint density at radius 2 is 2.00 bits per heavy atom. The Labute approximate surface area is 93.1 Å². The fourth-order valence-electron chi connectivity index (χ4n) is 2.52. The molecule has 0 aliphatic carbocycles. The van der Waals surface area contributed by atoms with Crippen molar-refractivity contribution >= 4 is 0 Å². The van der Waals surface area contributed by atoms with E-state index in [1.165, 1.54) is 31.5 Å². The van der Waals surface area contributed by atoms with Gasteiger partial charge in [0.05, 0.1) is 0 Å². The number of hydrogen-bond donors (Lipinski definition) is 0. The van der Waals surface area contributed by atoms with Gasteiger partial charge in [0.25, 0.3) is 0 Å². The number of hydrogen-bond acceptors (Lipinski definition) is 1. The van der Waals surface area contributed by atoms with Crippen molar-refractivity contribution in [3.8, 4) is 0 Å². The molecule has 1 aliphatic rings. The van der Waals surface area contributed by atoms with E-state index < -0.39 is 0 Å².